The normalized spacial score (nSPS) is 37.1. The Morgan fingerprint density at radius 3 is 2.89 bits per heavy atom. The topological polar surface area (TPSA) is 87.0 Å². The Kier molecular flexibility index (Phi) is 6.28. The van der Waals surface area contributed by atoms with Crippen LogP contribution >= 0.6 is 0 Å². The fourth-order valence-electron chi connectivity index (χ4n) is 5.23. The van der Waals surface area contributed by atoms with Crippen molar-refractivity contribution in [3.8, 4) is 0 Å². The number of carbonyl (C=O) groups is 1. The van der Waals surface area contributed by atoms with E-state index in [-0.39, 0.29) is 18.1 Å². The van der Waals surface area contributed by atoms with Gasteiger partial charge >= 0.3 is 5.97 Å². The van der Waals surface area contributed by atoms with Gasteiger partial charge in [0.05, 0.1) is 18.3 Å². The minimum Gasteiger partial charge on any atom is -0.480 e. The van der Waals surface area contributed by atoms with E-state index in [9.17, 15) is 15.0 Å². The SMILES string of the molecule is C=C1C(=CC=C2CCC[C@]3(C)C([C@H](C)OCC(=O)O)=CCC23)C[C@@H](O)C[C@@H]1O. The van der Waals surface area contributed by atoms with Gasteiger partial charge in [0.15, 0.2) is 0 Å². The summed E-state index contributed by atoms with van der Waals surface area (Å²) in [4.78, 5) is 10.8. The van der Waals surface area contributed by atoms with Crippen molar-refractivity contribution >= 4 is 5.97 Å². The first kappa shape index (κ1) is 21.0. The van der Waals surface area contributed by atoms with E-state index in [0.717, 1.165) is 31.3 Å². The Morgan fingerprint density at radius 2 is 2.18 bits per heavy atom. The lowest BCUT2D eigenvalue weighted by atomic mass is 9.63. The van der Waals surface area contributed by atoms with E-state index in [1.165, 1.54) is 11.1 Å². The van der Waals surface area contributed by atoms with Crippen LogP contribution < -0.4 is 0 Å². The summed E-state index contributed by atoms with van der Waals surface area (Å²) in [6.07, 6.45) is 10.0. The summed E-state index contributed by atoms with van der Waals surface area (Å²) >= 11 is 0. The number of aliphatic carboxylic acids is 1. The molecule has 0 aromatic heterocycles. The van der Waals surface area contributed by atoms with Crippen LogP contribution in [0.4, 0.5) is 0 Å². The molecule has 5 heteroatoms. The molecule has 0 amide bonds. The molecule has 1 unspecified atom stereocenters. The van der Waals surface area contributed by atoms with E-state index in [2.05, 4.69) is 25.7 Å². The largest absolute Gasteiger partial charge is 0.480 e. The molecule has 28 heavy (non-hydrogen) atoms. The van der Waals surface area contributed by atoms with Gasteiger partial charge in [0.1, 0.15) is 6.61 Å². The van der Waals surface area contributed by atoms with Crippen molar-refractivity contribution in [3.05, 3.63) is 47.1 Å². The first-order valence-corrected chi connectivity index (χ1v) is 10.2. The van der Waals surface area contributed by atoms with Crippen molar-refractivity contribution < 1.29 is 24.9 Å². The average Bonchev–Trinajstić information content (AvgIpc) is 2.99. The number of rotatable bonds is 5. The average molecular weight is 389 g/mol. The number of allylic oxidation sites excluding steroid dienone is 4. The number of fused-ring (bicyclic) bond motifs is 1. The minimum absolute atomic E-state index is 0.0108. The van der Waals surface area contributed by atoms with E-state index >= 15 is 0 Å². The van der Waals surface area contributed by atoms with Gasteiger partial charge in [-0.2, -0.15) is 0 Å². The standard InChI is InChI=1S/C23H32O5/c1-14-17(11-18(24)12-21(14)25)7-6-16-5-4-10-23(3)19(8-9-20(16)23)15(2)28-13-22(26)27/h6-8,15,18,20-21,24-25H,1,4-5,9-13H2,2-3H3,(H,26,27)/t15-,18+,20?,21-,23+/m0/s1. The molecule has 0 saturated heterocycles. The van der Waals surface area contributed by atoms with Crippen LogP contribution in [0.25, 0.3) is 0 Å². The molecule has 0 aliphatic heterocycles. The van der Waals surface area contributed by atoms with Gasteiger partial charge in [0.25, 0.3) is 0 Å². The summed E-state index contributed by atoms with van der Waals surface area (Å²) < 4.78 is 5.56. The molecule has 5 nitrogen and oxygen atoms in total. The highest BCUT2D eigenvalue weighted by Gasteiger charge is 2.46. The summed E-state index contributed by atoms with van der Waals surface area (Å²) in [6, 6.07) is 0. The zero-order valence-electron chi connectivity index (χ0n) is 16.9. The van der Waals surface area contributed by atoms with Crippen molar-refractivity contribution in [1.82, 2.24) is 0 Å². The van der Waals surface area contributed by atoms with E-state index in [0.29, 0.717) is 24.3 Å². The van der Waals surface area contributed by atoms with Crippen molar-refractivity contribution in [1.29, 1.82) is 0 Å². The molecule has 2 saturated carbocycles. The molecule has 0 aromatic rings. The van der Waals surface area contributed by atoms with E-state index in [4.69, 9.17) is 9.84 Å². The highest BCUT2D eigenvalue weighted by atomic mass is 16.5. The number of carboxylic acid groups (broad SMARTS) is 1. The predicted octanol–water partition coefficient (Wildman–Crippen LogP) is 3.54. The number of aliphatic hydroxyl groups is 2. The minimum atomic E-state index is -0.944. The Labute approximate surface area is 167 Å². The third-order valence-corrected chi connectivity index (χ3v) is 6.77. The predicted molar refractivity (Wildman–Crippen MR) is 108 cm³/mol. The number of carboxylic acids is 1. The fraction of sp³-hybridized carbons (Fsp3) is 0.609. The molecule has 3 rings (SSSR count). The first-order valence-electron chi connectivity index (χ1n) is 10.2. The van der Waals surface area contributed by atoms with Gasteiger partial charge in [-0.1, -0.05) is 37.3 Å². The highest BCUT2D eigenvalue weighted by molar-refractivity contribution is 5.68. The zero-order chi connectivity index (χ0) is 20.5. The molecule has 0 bridgehead atoms. The summed E-state index contributed by atoms with van der Waals surface area (Å²) in [6.45, 7) is 7.92. The highest BCUT2D eigenvalue weighted by Crippen LogP contribution is 2.55. The van der Waals surface area contributed by atoms with Gasteiger partial charge in [-0.25, -0.2) is 4.79 Å². The van der Waals surface area contributed by atoms with Gasteiger partial charge in [0, 0.05) is 6.42 Å². The van der Waals surface area contributed by atoms with Crippen LogP contribution in [-0.4, -0.2) is 46.2 Å². The molecular weight excluding hydrogens is 356 g/mol. The Balaban J connectivity index is 1.77. The maximum Gasteiger partial charge on any atom is 0.329 e. The van der Waals surface area contributed by atoms with Crippen molar-refractivity contribution in [2.75, 3.05) is 6.61 Å². The van der Waals surface area contributed by atoms with Gasteiger partial charge in [-0.05, 0) is 67.1 Å². The summed E-state index contributed by atoms with van der Waals surface area (Å²) in [7, 11) is 0. The van der Waals surface area contributed by atoms with Gasteiger partial charge in [-0.3, -0.25) is 0 Å². The molecule has 0 spiro atoms. The van der Waals surface area contributed by atoms with Crippen LogP contribution in [0.1, 0.15) is 52.4 Å². The number of ether oxygens (including phenoxy) is 1. The van der Waals surface area contributed by atoms with Gasteiger partial charge in [-0.15, -0.1) is 0 Å². The van der Waals surface area contributed by atoms with Gasteiger partial charge in [0.2, 0.25) is 0 Å². The summed E-state index contributed by atoms with van der Waals surface area (Å²) in [5.74, 6) is -0.559. The Hall–Kier alpha value is -1.69. The van der Waals surface area contributed by atoms with E-state index in [1.54, 1.807) is 0 Å². The molecule has 3 aliphatic carbocycles. The molecule has 3 N–H and O–H groups in total. The van der Waals surface area contributed by atoms with Crippen LogP contribution in [0, 0.1) is 11.3 Å². The van der Waals surface area contributed by atoms with E-state index < -0.39 is 18.2 Å². The third-order valence-electron chi connectivity index (χ3n) is 6.77. The fourth-order valence-corrected chi connectivity index (χ4v) is 5.23. The lowest BCUT2D eigenvalue weighted by Gasteiger charge is -2.42. The molecule has 3 aliphatic rings. The van der Waals surface area contributed by atoms with Gasteiger partial charge < -0.3 is 20.1 Å². The number of aliphatic hydroxyl groups excluding tert-OH is 2. The second kappa shape index (κ2) is 8.36. The maximum absolute atomic E-state index is 10.8. The summed E-state index contributed by atoms with van der Waals surface area (Å²) in [5, 5.41) is 28.9. The van der Waals surface area contributed by atoms with Crippen LogP contribution in [0.15, 0.2) is 47.1 Å². The smallest absolute Gasteiger partial charge is 0.329 e. The molecular formula is C23H32O5. The third kappa shape index (κ3) is 4.17. The van der Waals surface area contributed by atoms with Crippen LogP contribution in [0.5, 0.6) is 0 Å². The second-order valence-corrected chi connectivity index (χ2v) is 8.63. The first-order chi connectivity index (χ1) is 13.2. The maximum atomic E-state index is 10.8. The van der Waals surface area contributed by atoms with Crippen molar-refractivity contribution in [2.24, 2.45) is 11.3 Å². The van der Waals surface area contributed by atoms with Crippen LogP contribution in [0.3, 0.4) is 0 Å². The lowest BCUT2D eigenvalue weighted by Crippen LogP contribution is -2.35. The zero-order valence-corrected chi connectivity index (χ0v) is 16.9. The Bertz CT molecular complexity index is 731. The van der Waals surface area contributed by atoms with E-state index in [1.807, 2.05) is 13.0 Å². The monoisotopic (exact) mass is 388 g/mol. The van der Waals surface area contributed by atoms with Crippen molar-refractivity contribution in [3.63, 3.8) is 0 Å². The summed E-state index contributed by atoms with van der Waals surface area (Å²) in [5.41, 5.74) is 4.21. The molecule has 0 heterocycles. The second-order valence-electron chi connectivity index (χ2n) is 8.63. The molecule has 5 atom stereocenters. The van der Waals surface area contributed by atoms with Crippen LogP contribution in [-0.2, 0) is 9.53 Å². The number of hydrogen-bond donors (Lipinski definition) is 3. The molecule has 0 radical (unpaired) electrons. The lowest BCUT2D eigenvalue weighted by molar-refractivity contribution is -0.143. The molecule has 0 aromatic carbocycles. The molecule has 2 fully saturated rings. The van der Waals surface area contributed by atoms with Crippen LogP contribution in [0.2, 0.25) is 0 Å². The van der Waals surface area contributed by atoms with Crippen molar-refractivity contribution in [2.45, 2.75) is 70.7 Å². The number of hydrogen-bond acceptors (Lipinski definition) is 4. The Morgan fingerprint density at radius 1 is 1.43 bits per heavy atom. The molecule has 154 valence electrons. The quantitative estimate of drug-likeness (QED) is 0.627.